The van der Waals surface area contributed by atoms with E-state index in [0.717, 1.165) is 24.8 Å². The van der Waals surface area contributed by atoms with Crippen molar-refractivity contribution in [2.45, 2.75) is 44.4 Å². The molecule has 3 nitrogen and oxygen atoms in total. The van der Waals surface area contributed by atoms with Crippen LogP contribution >= 0.6 is 11.6 Å². The van der Waals surface area contributed by atoms with Gasteiger partial charge in [0.25, 0.3) is 0 Å². The summed E-state index contributed by atoms with van der Waals surface area (Å²) < 4.78 is 0. The van der Waals surface area contributed by atoms with Crippen LogP contribution in [0.1, 0.15) is 43.2 Å². The van der Waals surface area contributed by atoms with Gasteiger partial charge in [-0.25, -0.2) is 0 Å². The number of aryl methyl sites for hydroxylation is 1. The van der Waals surface area contributed by atoms with Gasteiger partial charge >= 0.3 is 5.97 Å². The van der Waals surface area contributed by atoms with Gasteiger partial charge in [-0.3, -0.25) is 4.79 Å². The first-order valence-electron chi connectivity index (χ1n) is 6.21. The molecule has 98 valence electrons. The lowest BCUT2D eigenvalue weighted by molar-refractivity contribution is -0.145. The van der Waals surface area contributed by atoms with Gasteiger partial charge in [0.1, 0.15) is 5.75 Å². The third-order valence-corrected chi connectivity index (χ3v) is 4.24. The van der Waals surface area contributed by atoms with E-state index in [1.807, 2.05) is 6.92 Å². The van der Waals surface area contributed by atoms with E-state index in [0.29, 0.717) is 18.4 Å². The predicted octanol–water partition coefficient (Wildman–Crippen LogP) is 3.64. The van der Waals surface area contributed by atoms with E-state index < -0.39 is 11.4 Å². The van der Waals surface area contributed by atoms with E-state index in [2.05, 4.69) is 0 Å². The Morgan fingerprint density at radius 2 is 1.89 bits per heavy atom. The molecule has 0 aromatic heterocycles. The molecule has 0 atom stereocenters. The van der Waals surface area contributed by atoms with Gasteiger partial charge in [0, 0.05) is 5.56 Å². The Bertz CT molecular complexity index is 476. The summed E-state index contributed by atoms with van der Waals surface area (Å²) in [5, 5.41) is 20.0. The molecule has 0 bridgehead atoms. The Labute approximate surface area is 111 Å². The molecular formula is C14H17ClO3. The summed E-state index contributed by atoms with van der Waals surface area (Å²) in [4.78, 5) is 11.7. The lowest BCUT2D eigenvalue weighted by atomic mass is 9.68. The first-order valence-corrected chi connectivity index (χ1v) is 6.59. The summed E-state index contributed by atoms with van der Waals surface area (Å²) >= 11 is 5.93. The molecule has 0 heterocycles. The van der Waals surface area contributed by atoms with Gasteiger partial charge in [0.05, 0.1) is 10.4 Å². The molecule has 18 heavy (non-hydrogen) atoms. The molecule has 0 amide bonds. The fourth-order valence-corrected chi connectivity index (χ4v) is 3.15. The molecule has 0 spiro atoms. The molecule has 1 aliphatic carbocycles. The largest absolute Gasteiger partial charge is 0.506 e. The van der Waals surface area contributed by atoms with Crippen molar-refractivity contribution in [1.82, 2.24) is 0 Å². The second kappa shape index (κ2) is 4.81. The van der Waals surface area contributed by atoms with Crippen LogP contribution in [0.2, 0.25) is 5.02 Å². The molecule has 1 aromatic rings. The number of carbonyl (C=O) groups is 1. The van der Waals surface area contributed by atoms with E-state index in [-0.39, 0.29) is 10.8 Å². The number of carboxylic acids is 1. The van der Waals surface area contributed by atoms with Crippen LogP contribution in [0.5, 0.6) is 5.75 Å². The number of rotatable bonds is 2. The zero-order valence-electron chi connectivity index (χ0n) is 10.4. The molecule has 1 saturated carbocycles. The van der Waals surface area contributed by atoms with Crippen molar-refractivity contribution in [2.24, 2.45) is 0 Å². The van der Waals surface area contributed by atoms with E-state index in [9.17, 15) is 15.0 Å². The van der Waals surface area contributed by atoms with Crippen molar-refractivity contribution in [2.75, 3.05) is 0 Å². The Hall–Kier alpha value is -1.22. The maximum absolute atomic E-state index is 11.7. The molecule has 1 fully saturated rings. The van der Waals surface area contributed by atoms with Crippen LogP contribution in [-0.2, 0) is 10.2 Å². The number of phenolic OH excluding ortho intramolecular Hbond substituents is 1. The van der Waals surface area contributed by atoms with E-state index >= 15 is 0 Å². The second-order valence-corrected chi connectivity index (χ2v) is 5.44. The zero-order chi connectivity index (χ0) is 13.3. The fraction of sp³-hybridized carbons (Fsp3) is 0.500. The molecule has 1 aliphatic rings. The van der Waals surface area contributed by atoms with Gasteiger partial charge in [-0.05, 0) is 31.4 Å². The Balaban J connectivity index is 2.63. The van der Waals surface area contributed by atoms with Crippen molar-refractivity contribution in [3.63, 3.8) is 0 Å². The molecule has 2 rings (SSSR count). The Morgan fingerprint density at radius 3 is 2.44 bits per heavy atom. The number of benzene rings is 1. The number of hydrogen-bond acceptors (Lipinski definition) is 2. The minimum Gasteiger partial charge on any atom is -0.506 e. The topological polar surface area (TPSA) is 57.5 Å². The van der Waals surface area contributed by atoms with Crippen LogP contribution in [0.3, 0.4) is 0 Å². The van der Waals surface area contributed by atoms with Crippen LogP contribution in [-0.4, -0.2) is 16.2 Å². The monoisotopic (exact) mass is 268 g/mol. The summed E-state index contributed by atoms with van der Waals surface area (Å²) in [5.41, 5.74) is 0.320. The van der Waals surface area contributed by atoms with E-state index in [4.69, 9.17) is 11.6 Å². The van der Waals surface area contributed by atoms with E-state index in [1.54, 1.807) is 12.1 Å². The third kappa shape index (κ3) is 1.97. The smallest absolute Gasteiger partial charge is 0.314 e. The highest BCUT2D eigenvalue weighted by Gasteiger charge is 2.44. The molecule has 0 unspecified atom stereocenters. The zero-order valence-corrected chi connectivity index (χ0v) is 11.1. The molecule has 0 radical (unpaired) electrons. The van der Waals surface area contributed by atoms with Gasteiger partial charge in [0.2, 0.25) is 0 Å². The minimum atomic E-state index is -0.975. The number of hydrogen-bond donors (Lipinski definition) is 2. The third-order valence-electron chi connectivity index (χ3n) is 3.93. The highest BCUT2D eigenvalue weighted by Crippen LogP contribution is 2.46. The van der Waals surface area contributed by atoms with Gasteiger partial charge in [-0.2, -0.15) is 0 Å². The second-order valence-electron chi connectivity index (χ2n) is 5.04. The number of aliphatic carboxylic acids is 1. The number of phenols is 1. The molecular weight excluding hydrogens is 252 g/mol. The van der Waals surface area contributed by atoms with Gasteiger partial charge < -0.3 is 10.2 Å². The average Bonchev–Trinajstić information content (AvgIpc) is 2.35. The standard InChI is InChI=1S/C14H17ClO3/c1-9-5-6-10(15)12(16)11(9)14(13(17)18)7-3-2-4-8-14/h5-6,16H,2-4,7-8H2,1H3,(H,17,18). The van der Waals surface area contributed by atoms with Gasteiger partial charge in [0.15, 0.2) is 0 Å². The van der Waals surface area contributed by atoms with Gasteiger partial charge in [-0.15, -0.1) is 0 Å². The number of halogens is 1. The van der Waals surface area contributed by atoms with Crippen molar-refractivity contribution in [3.05, 3.63) is 28.3 Å². The Morgan fingerprint density at radius 1 is 1.28 bits per heavy atom. The maximum Gasteiger partial charge on any atom is 0.314 e. The molecule has 0 saturated heterocycles. The van der Waals surface area contributed by atoms with Crippen molar-refractivity contribution < 1.29 is 15.0 Å². The fourth-order valence-electron chi connectivity index (χ4n) is 3.00. The van der Waals surface area contributed by atoms with Crippen LogP contribution < -0.4 is 0 Å². The van der Waals surface area contributed by atoms with Crippen LogP contribution in [0.25, 0.3) is 0 Å². The van der Waals surface area contributed by atoms with Crippen LogP contribution in [0.4, 0.5) is 0 Å². The number of carboxylic acid groups (broad SMARTS) is 1. The summed E-state index contributed by atoms with van der Waals surface area (Å²) in [5.74, 6) is -0.927. The quantitative estimate of drug-likeness (QED) is 0.861. The SMILES string of the molecule is Cc1ccc(Cl)c(O)c1C1(C(=O)O)CCCCC1. The Kier molecular flexibility index (Phi) is 3.53. The summed E-state index contributed by atoms with van der Waals surface area (Å²) in [7, 11) is 0. The molecule has 1 aromatic carbocycles. The van der Waals surface area contributed by atoms with Crippen molar-refractivity contribution in [1.29, 1.82) is 0 Å². The highest BCUT2D eigenvalue weighted by atomic mass is 35.5. The minimum absolute atomic E-state index is 0.0685. The summed E-state index contributed by atoms with van der Waals surface area (Å²) in [6, 6.07) is 3.38. The lowest BCUT2D eigenvalue weighted by Gasteiger charge is -2.35. The predicted molar refractivity (Wildman–Crippen MR) is 70.3 cm³/mol. The average molecular weight is 269 g/mol. The van der Waals surface area contributed by atoms with Crippen molar-refractivity contribution in [3.8, 4) is 5.75 Å². The first-order chi connectivity index (χ1) is 8.49. The van der Waals surface area contributed by atoms with Crippen molar-refractivity contribution >= 4 is 17.6 Å². The molecule has 2 N–H and O–H groups in total. The van der Waals surface area contributed by atoms with Crippen LogP contribution in [0.15, 0.2) is 12.1 Å². The highest BCUT2D eigenvalue weighted by molar-refractivity contribution is 6.32. The molecule has 0 aliphatic heterocycles. The molecule has 4 heteroatoms. The van der Waals surface area contributed by atoms with E-state index in [1.165, 1.54) is 0 Å². The summed E-state index contributed by atoms with van der Waals surface area (Å²) in [6.07, 6.45) is 3.93. The lowest BCUT2D eigenvalue weighted by Crippen LogP contribution is -2.38. The maximum atomic E-state index is 11.7. The van der Waals surface area contributed by atoms with Gasteiger partial charge in [-0.1, -0.05) is 36.9 Å². The normalized spacial score (nSPS) is 18.6. The van der Waals surface area contributed by atoms with Crippen LogP contribution in [0, 0.1) is 6.92 Å². The number of aromatic hydroxyl groups is 1. The first kappa shape index (κ1) is 13.2. The summed E-state index contributed by atoms with van der Waals surface area (Å²) in [6.45, 7) is 1.82.